The van der Waals surface area contributed by atoms with E-state index in [0.29, 0.717) is 5.02 Å². The molecule has 190 valence electrons. The Hall–Kier alpha value is -4.67. The molecule has 0 saturated heterocycles. The Bertz CT molecular complexity index is 1790. The monoisotopic (exact) mass is 545 g/mol. The van der Waals surface area contributed by atoms with Crippen molar-refractivity contribution >= 4 is 55.8 Å². The van der Waals surface area contributed by atoms with Crippen LogP contribution in [0.15, 0.2) is 107 Å². The SMILES string of the molecule is O=[N+]([O-])c1cc(S(=O)(=O)Nc2cccc(Cl)c2)ccc1N/N=C/c1c(-c2ccccc2)[nH]c2ccccc12. The van der Waals surface area contributed by atoms with E-state index in [9.17, 15) is 18.5 Å². The molecular weight excluding hydrogens is 526 g/mol. The minimum absolute atomic E-state index is 0.0362. The maximum Gasteiger partial charge on any atom is 0.295 e. The van der Waals surface area contributed by atoms with Crippen LogP contribution in [0.4, 0.5) is 17.1 Å². The number of para-hydroxylation sites is 1. The summed E-state index contributed by atoms with van der Waals surface area (Å²) in [4.78, 5) is 14.2. The Morgan fingerprint density at radius 2 is 1.68 bits per heavy atom. The molecule has 0 saturated carbocycles. The number of H-pyrrole nitrogens is 1. The second-order valence-electron chi connectivity index (χ2n) is 8.25. The number of benzene rings is 4. The van der Waals surface area contributed by atoms with E-state index in [1.165, 1.54) is 24.3 Å². The Labute approximate surface area is 223 Å². The first-order valence-corrected chi connectivity index (χ1v) is 13.2. The van der Waals surface area contributed by atoms with E-state index in [0.717, 1.165) is 33.8 Å². The van der Waals surface area contributed by atoms with Crippen molar-refractivity contribution in [2.75, 3.05) is 10.1 Å². The summed E-state index contributed by atoms with van der Waals surface area (Å²) >= 11 is 5.92. The van der Waals surface area contributed by atoms with Crippen molar-refractivity contribution in [1.29, 1.82) is 0 Å². The van der Waals surface area contributed by atoms with Crippen molar-refractivity contribution in [2.45, 2.75) is 4.90 Å². The highest BCUT2D eigenvalue weighted by Crippen LogP contribution is 2.31. The van der Waals surface area contributed by atoms with Crippen LogP contribution in [0.25, 0.3) is 22.2 Å². The number of halogens is 1. The molecule has 0 aliphatic carbocycles. The number of sulfonamides is 1. The van der Waals surface area contributed by atoms with Gasteiger partial charge in [-0.15, -0.1) is 0 Å². The molecule has 0 amide bonds. The predicted octanol–water partition coefficient (Wildman–Crippen LogP) is 6.64. The van der Waals surface area contributed by atoms with Gasteiger partial charge in [0.15, 0.2) is 0 Å². The highest BCUT2D eigenvalue weighted by molar-refractivity contribution is 7.92. The van der Waals surface area contributed by atoms with Gasteiger partial charge in [-0.2, -0.15) is 5.10 Å². The number of nitro groups is 1. The molecule has 0 atom stereocenters. The maximum atomic E-state index is 12.8. The van der Waals surface area contributed by atoms with E-state index in [1.54, 1.807) is 18.3 Å². The minimum atomic E-state index is -4.10. The van der Waals surface area contributed by atoms with E-state index in [1.807, 2.05) is 54.6 Å². The molecule has 1 heterocycles. The van der Waals surface area contributed by atoms with Crippen LogP contribution in [-0.2, 0) is 10.0 Å². The third-order valence-electron chi connectivity index (χ3n) is 5.74. The number of nitro benzene ring substituents is 1. The summed E-state index contributed by atoms with van der Waals surface area (Å²) in [6.45, 7) is 0. The summed E-state index contributed by atoms with van der Waals surface area (Å²) < 4.78 is 28.0. The summed E-state index contributed by atoms with van der Waals surface area (Å²) in [5, 5.41) is 17.3. The summed E-state index contributed by atoms with van der Waals surface area (Å²) in [6, 6.07) is 27.2. The van der Waals surface area contributed by atoms with Crippen LogP contribution in [0, 0.1) is 10.1 Å². The molecule has 1 aromatic heterocycles. The number of hydrogen-bond donors (Lipinski definition) is 3. The lowest BCUT2D eigenvalue weighted by atomic mass is 10.1. The first-order valence-electron chi connectivity index (χ1n) is 11.3. The molecule has 5 rings (SSSR count). The van der Waals surface area contributed by atoms with Gasteiger partial charge in [-0.1, -0.05) is 66.2 Å². The Morgan fingerprint density at radius 3 is 2.45 bits per heavy atom. The second kappa shape index (κ2) is 10.4. The van der Waals surface area contributed by atoms with E-state index in [4.69, 9.17) is 11.6 Å². The largest absolute Gasteiger partial charge is 0.354 e. The molecule has 0 spiro atoms. The van der Waals surface area contributed by atoms with E-state index >= 15 is 0 Å². The molecule has 5 aromatic rings. The summed E-state index contributed by atoms with van der Waals surface area (Å²) in [7, 11) is -4.10. The number of fused-ring (bicyclic) bond motifs is 1. The lowest BCUT2D eigenvalue weighted by molar-refractivity contribution is -0.384. The maximum absolute atomic E-state index is 12.8. The third kappa shape index (κ3) is 5.22. The van der Waals surface area contributed by atoms with Crippen molar-refractivity contribution in [2.24, 2.45) is 5.10 Å². The average molecular weight is 546 g/mol. The van der Waals surface area contributed by atoms with Gasteiger partial charge in [0.05, 0.1) is 27.4 Å². The van der Waals surface area contributed by atoms with Crippen molar-refractivity contribution in [1.82, 2.24) is 4.98 Å². The standard InChI is InChI=1S/C27H20ClN5O4S/c28-19-9-6-10-20(15-19)32-38(36,37)21-13-14-25(26(16-21)33(34)35)31-29-17-23-22-11-4-5-12-24(22)30-27(23)18-7-2-1-3-8-18/h1-17,30-32H/b29-17+. The molecule has 0 fully saturated rings. The van der Waals surface area contributed by atoms with Crippen LogP contribution in [-0.4, -0.2) is 24.5 Å². The molecule has 0 aliphatic heterocycles. The molecule has 9 nitrogen and oxygen atoms in total. The minimum Gasteiger partial charge on any atom is -0.354 e. The fourth-order valence-corrected chi connectivity index (χ4v) is 5.25. The molecule has 4 aromatic carbocycles. The second-order valence-corrected chi connectivity index (χ2v) is 10.4. The molecule has 0 unspecified atom stereocenters. The van der Waals surface area contributed by atoms with Gasteiger partial charge in [-0.05, 0) is 42.0 Å². The number of rotatable bonds is 8. The van der Waals surface area contributed by atoms with Crippen LogP contribution < -0.4 is 10.1 Å². The van der Waals surface area contributed by atoms with Crippen LogP contribution in [0.3, 0.4) is 0 Å². The number of hydrogen-bond acceptors (Lipinski definition) is 6. The Morgan fingerprint density at radius 1 is 0.921 bits per heavy atom. The molecular formula is C27H20ClN5O4S. The zero-order valence-electron chi connectivity index (χ0n) is 19.6. The van der Waals surface area contributed by atoms with Crippen LogP contribution in [0.5, 0.6) is 0 Å². The van der Waals surface area contributed by atoms with E-state index in [2.05, 4.69) is 20.2 Å². The van der Waals surface area contributed by atoms with Gasteiger partial charge < -0.3 is 4.98 Å². The first kappa shape index (κ1) is 25.0. The zero-order valence-corrected chi connectivity index (χ0v) is 21.2. The van der Waals surface area contributed by atoms with Crippen LogP contribution >= 0.6 is 11.6 Å². The molecule has 3 N–H and O–H groups in total. The number of hydrazone groups is 1. The lowest BCUT2D eigenvalue weighted by Gasteiger charge is -2.09. The quantitative estimate of drug-likeness (QED) is 0.114. The van der Waals surface area contributed by atoms with Crippen molar-refractivity contribution in [3.05, 3.63) is 118 Å². The lowest BCUT2D eigenvalue weighted by Crippen LogP contribution is -2.13. The number of aromatic amines is 1. The number of aromatic nitrogens is 1. The topological polar surface area (TPSA) is 129 Å². The molecule has 11 heteroatoms. The van der Waals surface area contributed by atoms with Crippen molar-refractivity contribution < 1.29 is 13.3 Å². The van der Waals surface area contributed by atoms with E-state index in [-0.39, 0.29) is 16.3 Å². The third-order valence-corrected chi connectivity index (χ3v) is 7.35. The zero-order chi connectivity index (χ0) is 26.7. The van der Waals surface area contributed by atoms with Crippen molar-refractivity contribution in [3.63, 3.8) is 0 Å². The van der Waals surface area contributed by atoms with Crippen molar-refractivity contribution in [3.8, 4) is 11.3 Å². The van der Waals surface area contributed by atoms with Gasteiger partial charge in [-0.3, -0.25) is 20.3 Å². The highest BCUT2D eigenvalue weighted by Gasteiger charge is 2.22. The smallest absolute Gasteiger partial charge is 0.295 e. The van der Waals surface area contributed by atoms with Gasteiger partial charge in [0, 0.05) is 27.6 Å². The highest BCUT2D eigenvalue weighted by atomic mass is 35.5. The molecule has 38 heavy (non-hydrogen) atoms. The van der Waals surface area contributed by atoms with Gasteiger partial charge in [0.1, 0.15) is 5.69 Å². The van der Waals surface area contributed by atoms with Gasteiger partial charge in [-0.25, -0.2) is 8.42 Å². The molecule has 0 bridgehead atoms. The molecule has 0 radical (unpaired) electrons. The van der Waals surface area contributed by atoms with Crippen LogP contribution in [0.1, 0.15) is 5.56 Å². The predicted molar refractivity (Wildman–Crippen MR) is 150 cm³/mol. The normalized spacial score (nSPS) is 11.6. The van der Waals surface area contributed by atoms with Gasteiger partial charge in [0.2, 0.25) is 0 Å². The number of nitrogens with zero attached hydrogens (tertiary/aromatic N) is 2. The Balaban J connectivity index is 1.45. The van der Waals surface area contributed by atoms with Gasteiger partial charge in [0.25, 0.3) is 15.7 Å². The van der Waals surface area contributed by atoms with Gasteiger partial charge >= 0.3 is 0 Å². The fourth-order valence-electron chi connectivity index (χ4n) is 3.99. The summed E-state index contributed by atoms with van der Waals surface area (Å²) in [6.07, 6.45) is 1.58. The first-order chi connectivity index (χ1) is 18.3. The average Bonchev–Trinajstić information content (AvgIpc) is 3.27. The fraction of sp³-hybridized carbons (Fsp3) is 0. The Kier molecular flexibility index (Phi) is 6.82. The number of nitrogens with one attached hydrogen (secondary N) is 3. The summed E-state index contributed by atoms with van der Waals surface area (Å²) in [5.41, 5.74) is 6.04. The molecule has 0 aliphatic rings. The number of anilines is 2. The van der Waals surface area contributed by atoms with Crippen LogP contribution in [0.2, 0.25) is 5.02 Å². The summed E-state index contributed by atoms with van der Waals surface area (Å²) in [5.74, 6) is 0. The van der Waals surface area contributed by atoms with E-state index < -0.39 is 20.6 Å².